The topological polar surface area (TPSA) is 65.1 Å². The molecule has 0 atom stereocenters. The highest BCUT2D eigenvalue weighted by Crippen LogP contribution is 2.07. The van der Waals surface area contributed by atoms with Gasteiger partial charge in [-0.1, -0.05) is 13.8 Å². The van der Waals surface area contributed by atoms with Crippen LogP contribution in [0.15, 0.2) is 11.0 Å². The summed E-state index contributed by atoms with van der Waals surface area (Å²) in [5, 5.41) is 4.27. The van der Waals surface area contributed by atoms with Gasteiger partial charge in [0.2, 0.25) is 0 Å². The van der Waals surface area contributed by atoms with E-state index in [9.17, 15) is 4.79 Å². The molecule has 0 unspecified atom stereocenters. The van der Waals surface area contributed by atoms with Crippen LogP contribution in [0, 0.1) is 0 Å². The number of hydrogen-bond acceptors (Lipinski definition) is 4. The fourth-order valence-corrected chi connectivity index (χ4v) is 1.37. The van der Waals surface area contributed by atoms with Gasteiger partial charge >= 0.3 is 5.69 Å². The lowest BCUT2D eigenvalue weighted by molar-refractivity contribution is 0.524. The zero-order chi connectivity index (χ0) is 11.0. The molecule has 0 saturated heterocycles. The lowest BCUT2D eigenvalue weighted by atomic mass is 10.2. The SMILES string of the molecule is CCn1c(=O)nc2cnc(C(C)C)nn21. The Morgan fingerprint density at radius 2 is 2.20 bits per heavy atom. The first-order valence-electron chi connectivity index (χ1n) is 4.96. The van der Waals surface area contributed by atoms with Gasteiger partial charge in [-0.3, -0.25) is 0 Å². The van der Waals surface area contributed by atoms with Gasteiger partial charge in [0.15, 0.2) is 11.5 Å². The molecule has 0 aliphatic rings. The standard InChI is InChI=1S/C9H13N5O/c1-4-13-9(15)11-7-5-10-8(6(2)3)12-14(7)13/h5-6H,4H2,1-3H3. The van der Waals surface area contributed by atoms with E-state index in [4.69, 9.17) is 0 Å². The van der Waals surface area contributed by atoms with Crippen molar-refractivity contribution in [2.75, 3.05) is 0 Å². The van der Waals surface area contributed by atoms with Gasteiger partial charge in [0.05, 0.1) is 6.20 Å². The lowest BCUT2D eigenvalue weighted by Crippen LogP contribution is -2.21. The van der Waals surface area contributed by atoms with E-state index in [0.717, 1.165) is 0 Å². The molecule has 0 aromatic carbocycles. The molecule has 2 rings (SSSR count). The van der Waals surface area contributed by atoms with Crippen molar-refractivity contribution in [3.63, 3.8) is 0 Å². The van der Waals surface area contributed by atoms with Gasteiger partial charge in [-0.05, 0) is 6.92 Å². The van der Waals surface area contributed by atoms with Gasteiger partial charge in [-0.2, -0.15) is 4.98 Å². The molecule has 0 spiro atoms. The maximum atomic E-state index is 11.4. The van der Waals surface area contributed by atoms with Crippen molar-refractivity contribution in [2.45, 2.75) is 33.2 Å². The van der Waals surface area contributed by atoms with Crippen molar-refractivity contribution in [3.05, 3.63) is 22.5 Å². The largest absolute Gasteiger partial charge is 0.366 e. The Morgan fingerprint density at radius 3 is 2.80 bits per heavy atom. The summed E-state index contributed by atoms with van der Waals surface area (Å²) in [5.74, 6) is 0.944. The van der Waals surface area contributed by atoms with Gasteiger partial charge in [0.1, 0.15) is 0 Å². The monoisotopic (exact) mass is 207 g/mol. The molecule has 0 radical (unpaired) electrons. The fourth-order valence-electron chi connectivity index (χ4n) is 1.37. The lowest BCUT2D eigenvalue weighted by Gasteiger charge is -2.04. The Labute approximate surface area is 86.6 Å². The average molecular weight is 207 g/mol. The van der Waals surface area contributed by atoms with Crippen LogP contribution in [0.1, 0.15) is 32.5 Å². The maximum absolute atomic E-state index is 11.4. The molecule has 80 valence electrons. The van der Waals surface area contributed by atoms with Crippen LogP contribution in [-0.2, 0) is 6.54 Å². The third-order valence-electron chi connectivity index (χ3n) is 2.19. The highest BCUT2D eigenvalue weighted by molar-refractivity contribution is 5.30. The molecule has 0 saturated carbocycles. The third-order valence-corrected chi connectivity index (χ3v) is 2.19. The predicted molar refractivity (Wildman–Crippen MR) is 54.8 cm³/mol. The Hall–Kier alpha value is -1.72. The van der Waals surface area contributed by atoms with Gasteiger partial charge in [-0.15, -0.1) is 9.73 Å². The fraction of sp³-hybridized carbons (Fsp3) is 0.556. The van der Waals surface area contributed by atoms with Gasteiger partial charge in [0.25, 0.3) is 0 Å². The van der Waals surface area contributed by atoms with Crippen molar-refractivity contribution in [2.24, 2.45) is 0 Å². The molecular formula is C9H13N5O. The highest BCUT2D eigenvalue weighted by atomic mass is 16.2. The third kappa shape index (κ3) is 1.51. The first-order valence-corrected chi connectivity index (χ1v) is 4.96. The van der Waals surface area contributed by atoms with Crippen molar-refractivity contribution in [1.29, 1.82) is 0 Å². The average Bonchev–Trinajstić information content (AvgIpc) is 2.51. The normalized spacial score (nSPS) is 11.5. The van der Waals surface area contributed by atoms with Crippen LogP contribution in [0.5, 0.6) is 0 Å². The van der Waals surface area contributed by atoms with E-state index in [1.165, 1.54) is 9.31 Å². The summed E-state index contributed by atoms with van der Waals surface area (Å²) >= 11 is 0. The van der Waals surface area contributed by atoms with Gasteiger partial charge in [0, 0.05) is 12.5 Å². The van der Waals surface area contributed by atoms with Crippen molar-refractivity contribution in [1.82, 2.24) is 24.4 Å². The second-order valence-electron chi connectivity index (χ2n) is 3.63. The van der Waals surface area contributed by atoms with Crippen LogP contribution in [0.25, 0.3) is 5.65 Å². The summed E-state index contributed by atoms with van der Waals surface area (Å²) < 4.78 is 2.99. The molecule has 15 heavy (non-hydrogen) atoms. The summed E-state index contributed by atoms with van der Waals surface area (Å²) in [6, 6.07) is 0. The number of aromatic nitrogens is 5. The minimum Gasteiger partial charge on any atom is -0.244 e. The first kappa shape index (κ1) is 9.82. The molecular weight excluding hydrogens is 194 g/mol. The number of rotatable bonds is 2. The van der Waals surface area contributed by atoms with Crippen molar-refractivity contribution >= 4 is 5.65 Å². The van der Waals surface area contributed by atoms with Crippen LogP contribution in [0.3, 0.4) is 0 Å². The van der Waals surface area contributed by atoms with E-state index < -0.39 is 0 Å². The second kappa shape index (κ2) is 3.45. The van der Waals surface area contributed by atoms with Gasteiger partial charge < -0.3 is 0 Å². The van der Waals surface area contributed by atoms with E-state index >= 15 is 0 Å². The number of nitrogens with zero attached hydrogens (tertiary/aromatic N) is 5. The molecule has 6 nitrogen and oxygen atoms in total. The Balaban J connectivity index is 2.73. The summed E-state index contributed by atoms with van der Waals surface area (Å²) in [5.41, 5.74) is 0.207. The molecule has 0 N–H and O–H groups in total. The minimum absolute atomic E-state index is 0.234. The molecule has 6 heteroatoms. The molecule has 2 heterocycles. The van der Waals surface area contributed by atoms with Crippen LogP contribution < -0.4 is 5.69 Å². The molecule has 0 aliphatic carbocycles. The maximum Gasteiger partial charge on any atom is 0.366 e. The highest BCUT2D eigenvalue weighted by Gasteiger charge is 2.09. The van der Waals surface area contributed by atoms with Crippen LogP contribution in [-0.4, -0.2) is 24.4 Å². The van der Waals surface area contributed by atoms with Gasteiger partial charge in [-0.25, -0.2) is 14.5 Å². The molecule has 2 aromatic rings. The molecule has 0 fully saturated rings. The van der Waals surface area contributed by atoms with E-state index in [1.54, 1.807) is 6.20 Å². The quantitative estimate of drug-likeness (QED) is 0.716. The van der Waals surface area contributed by atoms with E-state index in [2.05, 4.69) is 15.1 Å². The Bertz CT molecular complexity index is 539. The van der Waals surface area contributed by atoms with Crippen LogP contribution >= 0.6 is 0 Å². The number of fused-ring (bicyclic) bond motifs is 1. The minimum atomic E-state index is -0.285. The molecule has 2 aromatic heterocycles. The van der Waals surface area contributed by atoms with Crippen molar-refractivity contribution in [3.8, 4) is 0 Å². The molecule has 0 bridgehead atoms. The zero-order valence-corrected chi connectivity index (χ0v) is 9.01. The van der Waals surface area contributed by atoms with E-state index in [1.807, 2.05) is 20.8 Å². The predicted octanol–water partition coefficient (Wildman–Crippen LogP) is 0.429. The summed E-state index contributed by atoms with van der Waals surface area (Å²) in [6.45, 7) is 6.44. The second-order valence-corrected chi connectivity index (χ2v) is 3.63. The van der Waals surface area contributed by atoms with E-state index in [-0.39, 0.29) is 11.6 Å². The summed E-state index contributed by atoms with van der Waals surface area (Å²) in [6.07, 6.45) is 1.58. The smallest absolute Gasteiger partial charge is 0.244 e. The molecule has 0 aliphatic heterocycles. The Morgan fingerprint density at radius 1 is 1.47 bits per heavy atom. The first-order chi connectivity index (χ1) is 7.13. The summed E-state index contributed by atoms with van der Waals surface area (Å²) in [4.78, 5) is 19.4. The zero-order valence-electron chi connectivity index (χ0n) is 9.01. The van der Waals surface area contributed by atoms with Crippen molar-refractivity contribution < 1.29 is 0 Å². The van der Waals surface area contributed by atoms with Crippen LogP contribution in [0.2, 0.25) is 0 Å². The number of hydrogen-bond donors (Lipinski definition) is 0. The summed E-state index contributed by atoms with van der Waals surface area (Å²) in [7, 11) is 0. The van der Waals surface area contributed by atoms with E-state index in [0.29, 0.717) is 18.0 Å². The number of aryl methyl sites for hydroxylation is 1. The Kier molecular flexibility index (Phi) is 2.26. The van der Waals surface area contributed by atoms with Crippen LogP contribution in [0.4, 0.5) is 0 Å². The molecule has 0 amide bonds.